The zero-order valence-electron chi connectivity index (χ0n) is 14.7. The zero-order chi connectivity index (χ0) is 22.6. The van der Waals surface area contributed by atoms with Gasteiger partial charge in [0, 0.05) is 20.5 Å². The van der Waals surface area contributed by atoms with E-state index in [0.29, 0.717) is 0 Å². The summed E-state index contributed by atoms with van der Waals surface area (Å²) in [5, 5.41) is 0. The normalized spacial score (nSPS) is 14.2. The predicted molar refractivity (Wildman–Crippen MR) is 74.0 cm³/mol. The van der Waals surface area contributed by atoms with Crippen LogP contribution in [0.5, 0.6) is 0 Å². The molecule has 0 aliphatic rings. The highest BCUT2D eigenvalue weighted by atomic mass is 19.4. The Morgan fingerprint density at radius 2 is 1.18 bits per heavy atom. The first-order chi connectivity index (χ1) is 12.3. The molecule has 14 heteroatoms. The van der Waals surface area contributed by atoms with Gasteiger partial charge in [-0.1, -0.05) is 12.8 Å². The maximum Gasteiger partial charge on any atom is 0.460 e. The summed E-state index contributed by atoms with van der Waals surface area (Å²) in [6.07, 6.45) is -10.9. The van der Waals surface area contributed by atoms with Crippen molar-refractivity contribution in [3.05, 3.63) is 0 Å². The molecular weight excluding hydrogens is 423 g/mol. The van der Waals surface area contributed by atoms with Crippen LogP contribution < -0.4 is 0 Å². The number of nitrogens with zero attached hydrogens (tertiary/aromatic N) is 1. The van der Waals surface area contributed by atoms with E-state index in [-0.39, 0.29) is 25.9 Å². The van der Waals surface area contributed by atoms with Crippen molar-refractivity contribution >= 4 is 6.09 Å². The SMILES string of the molecule is CN(C)C(=O)OCCCCCCC(F)(F)C(F)(F)C(F)(F)C(F)(F)C(F)(F)F. The molecule has 0 spiro atoms. The molecule has 0 aliphatic carbocycles. The Morgan fingerprint density at radius 1 is 0.714 bits per heavy atom. The lowest BCUT2D eigenvalue weighted by atomic mass is 9.94. The van der Waals surface area contributed by atoms with E-state index in [1.54, 1.807) is 0 Å². The number of hydrogen-bond donors (Lipinski definition) is 0. The van der Waals surface area contributed by atoms with Gasteiger partial charge in [-0.05, 0) is 12.8 Å². The highest BCUT2D eigenvalue weighted by molar-refractivity contribution is 5.66. The van der Waals surface area contributed by atoms with Crippen molar-refractivity contribution in [2.45, 2.75) is 62.0 Å². The van der Waals surface area contributed by atoms with Crippen molar-refractivity contribution in [2.75, 3.05) is 20.7 Å². The lowest BCUT2D eigenvalue weighted by Crippen LogP contribution is -2.66. The molecule has 0 heterocycles. The first kappa shape index (κ1) is 26.5. The third-order valence-electron chi connectivity index (χ3n) is 3.58. The molecule has 0 aromatic carbocycles. The molecule has 0 saturated carbocycles. The molecule has 0 bridgehead atoms. The van der Waals surface area contributed by atoms with E-state index in [1.165, 1.54) is 14.1 Å². The fraction of sp³-hybridized carbons (Fsp3) is 0.929. The van der Waals surface area contributed by atoms with Gasteiger partial charge in [-0.3, -0.25) is 0 Å². The fourth-order valence-corrected chi connectivity index (χ4v) is 1.85. The van der Waals surface area contributed by atoms with Crippen LogP contribution in [-0.2, 0) is 4.74 Å². The van der Waals surface area contributed by atoms with E-state index in [2.05, 4.69) is 4.74 Å². The van der Waals surface area contributed by atoms with Crippen molar-refractivity contribution in [1.82, 2.24) is 4.90 Å². The first-order valence-corrected chi connectivity index (χ1v) is 7.75. The van der Waals surface area contributed by atoms with Crippen LogP contribution >= 0.6 is 0 Å². The Kier molecular flexibility index (Phi) is 8.41. The Labute approximate surface area is 152 Å². The zero-order valence-corrected chi connectivity index (χ0v) is 14.7. The van der Waals surface area contributed by atoms with E-state index in [4.69, 9.17) is 0 Å². The first-order valence-electron chi connectivity index (χ1n) is 7.75. The maximum atomic E-state index is 13.4. The van der Waals surface area contributed by atoms with Gasteiger partial charge in [0.1, 0.15) is 0 Å². The number of alkyl halides is 11. The highest BCUT2D eigenvalue weighted by Gasteiger charge is 2.86. The molecule has 0 aromatic heterocycles. The standard InChI is InChI=1S/C14H18F11NO2/c1-26(2)9(27)28-8-6-4-3-5-7-10(15,16)11(17,18)12(19,20)13(21,22)14(23,24)25/h3-8H2,1-2H3. The molecular formula is C14H18F11NO2. The summed E-state index contributed by atoms with van der Waals surface area (Å²) in [5.74, 6) is -27.5. The number of amides is 1. The summed E-state index contributed by atoms with van der Waals surface area (Å²) in [7, 11) is 2.76. The molecule has 1 amide bonds. The largest absolute Gasteiger partial charge is 0.460 e. The van der Waals surface area contributed by atoms with E-state index >= 15 is 0 Å². The van der Waals surface area contributed by atoms with Gasteiger partial charge in [0.2, 0.25) is 0 Å². The summed E-state index contributed by atoms with van der Waals surface area (Å²) >= 11 is 0. The minimum Gasteiger partial charge on any atom is -0.449 e. The molecule has 0 saturated heterocycles. The molecule has 0 fully saturated rings. The van der Waals surface area contributed by atoms with Crippen LogP contribution in [0.2, 0.25) is 0 Å². The van der Waals surface area contributed by atoms with E-state index < -0.39 is 48.8 Å². The molecule has 3 nitrogen and oxygen atoms in total. The maximum absolute atomic E-state index is 13.4. The van der Waals surface area contributed by atoms with Crippen molar-refractivity contribution in [1.29, 1.82) is 0 Å². The molecule has 0 rings (SSSR count). The minimum atomic E-state index is -7.36. The van der Waals surface area contributed by atoms with Crippen LogP contribution in [0, 0.1) is 0 Å². The third-order valence-corrected chi connectivity index (χ3v) is 3.58. The average Bonchev–Trinajstić information content (AvgIpc) is 2.51. The number of rotatable bonds is 10. The van der Waals surface area contributed by atoms with Crippen LogP contribution in [0.1, 0.15) is 32.1 Å². The number of ether oxygens (including phenoxy) is 1. The second kappa shape index (κ2) is 8.89. The summed E-state index contributed by atoms with van der Waals surface area (Å²) in [6.45, 7) is -0.153. The van der Waals surface area contributed by atoms with Crippen LogP contribution in [0.3, 0.4) is 0 Å². The number of hydrogen-bond acceptors (Lipinski definition) is 2. The predicted octanol–water partition coefficient (Wildman–Crippen LogP) is 5.74. The van der Waals surface area contributed by atoms with Crippen molar-refractivity contribution in [2.24, 2.45) is 0 Å². The van der Waals surface area contributed by atoms with Gasteiger partial charge in [-0.25, -0.2) is 4.79 Å². The van der Waals surface area contributed by atoms with Crippen molar-refractivity contribution < 1.29 is 57.8 Å². The Morgan fingerprint density at radius 3 is 1.61 bits per heavy atom. The Bertz CT molecular complexity index is 518. The second-order valence-electron chi connectivity index (χ2n) is 6.10. The van der Waals surface area contributed by atoms with Gasteiger partial charge in [-0.15, -0.1) is 0 Å². The van der Waals surface area contributed by atoms with Crippen LogP contribution in [0.15, 0.2) is 0 Å². The molecule has 0 N–H and O–H groups in total. The molecule has 0 aromatic rings. The van der Waals surface area contributed by atoms with E-state index in [9.17, 15) is 53.1 Å². The molecule has 28 heavy (non-hydrogen) atoms. The van der Waals surface area contributed by atoms with Gasteiger partial charge < -0.3 is 9.64 Å². The smallest absolute Gasteiger partial charge is 0.449 e. The van der Waals surface area contributed by atoms with Crippen LogP contribution in [0.25, 0.3) is 0 Å². The highest BCUT2D eigenvalue weighted by Crippen LogP contribution is 2.58. The van der Waals surface area contributed by atoms with Gasteiger partial charge in [0.15, 0.2) is 0 Å². The lowest BCUT2D eigenvalue weighted by Gasteiger charge is -2.37. The van der Waals surface area contributed by atoms with Gasteiger partial charge >= 0.3 is 36.0 Å². The van der Waals surface area contributed by atoms with Crippen molar-refractivity contribution in [3.63, 3.8) is 0 Å². The average molecular weight is 441 g/mol. The van der Waals surface area contributed by atoms with Gasteiger partial charge in [-0.2, -0.15) is 48.3 Å². The van der Waals surface area contributed by atoms with E-state index in [1.807, 2.05) is 0 Å². The van der Waals surface area contributed by atoms with Crippen molar-refractivity contribution in [3.8, 4) is 0 Å². The molecule has 0 unspecified atom stereocenters. The molecule has 0 radical (unpaired) electrons. The van der Waals surface area contributed by atoms with Crippen LogP contribution in [0.4, 0.5) is 53.1 Å². The number of carbonyl (C=O) groups is 1. The fourth-order valence-electron chi connectivity index (χ4n) is 1.85. The molecule has 168 valence electrons. The number of unbranched alkanes of at least 4 members (excludes halogenated alkanes) is 3. The summed E-state index contributed by atoms with van der Waals surface area (Å²) in [5.41, 5.74) is 0. The minimum absolute atomic E-state index is 0.0253. The topological polar surface area (TPSA) is 29.5 Å². The summed E-state index contributed by atoms with van der Waals surface area (Å²) < 4.78 is 145. The summed E-state index contributed by atoms with van der Waals surface area (Å²) in [6, 6.07) is 0. The number of halogens is 11. The lowest BCUT2D eigenvalue weighted by molar-refractivity contribution is -0.422. The molecule has 0 aliphatic heterocycles. The molecule has 0 atom stereocenters. The quantitative estimate of drug-likeness (QED) is 0.320. The van der Waals surface area contributed by atoms with Gasteiger partial charge in [0.05, 0.1) is 6.61 Å². The monoisotopic (exact) mass is 441 g/mol. The Hall–Kier alpha value is -1.50. The number of carbonyl (C=O) groups excluding carboxylic acids is 1. The van der Waals surface area contributed by atoms with Gasteiger partial charge in [0.25, 0.3) is 0 Å². The Balaban J connectivity index is 4.77. The second-order valence-corrected chi connectivity index (χ2v) is 6.10. The third kappa shape index (κ3) is 5.52. The van der Waals surface area contributed by atoms with E-state index in [0.717, 1.165) is 4.90 Å². The summed E-state index contributed by atoms with van der Waals surface area (Å²) in [4.78, 5) is 12.1. The van der Waals surface area contributed by atoms with Crippen LogP contribution in [-0.4, -0.2) is 61.6 Å².